The Balaban J connectivity index is 0.00000261. The number of allylic oxidation sites excluding steroid dienone is 2. The van der Waals surface area contributed by atoms with Crippen LogP contribution in [0.1, 0.15) is 42.9 Å². The average Bonchev–Trinajstić information content (AvgIpc) is 3.05. The number of aliphatic carboxylic acids is 1. The molecular weight excluding hydrogens is 347 g/mol. The van der Waals surface area contributed by atoms with Gasteiger partial charge in [-0.15, -0.1) is 0 Å². The van der Waals surface area contributed by atoms with Crippen molar-refractivity contribution in [2.24, 2.45) is 5.92 Å². The molecule has 1 aliphatic heterocycles. The van der Waals surface area contributed by atoms with Crippen LogP contribution < -0.4 is 34.7 Å². The molecule has 0 N–H and O–H groups in total. The third-order valence-corrected chi connectivity index (χ3v) is 5.00. The summed E-state index contributed by atoms with van der Waals surface area (Å²) in [6, 6.07) is 15.1. The van der Waals surface area contributed by atoms with E-state index in [4.69, 9.17) is 0 Å². The van der Waals surface area contributed by atoms with E-state index in [0.29, 0.717) is 18.4 Å². The zero-order valence-electron chi connectivity index (χ0n) is 16.0. The van der Waals surface area contributed by atoms with Crippen LogP contribution in [0.25, 0.3) is 0 Å². The molecule has 0 unspecified atom stereocenters. The molecule has 27 heavy (non-hydrogen) atoms. The minimum Gasteiger partial charge on any atom is -0.550 e. The van der Waals surface area contributed by atoms with E-state index in [1.54, 1.807) is 0 Å². The van der Waals surface area contributed by atoms with Gasteiger partial charge >= 0.3 is 29.6 Å². The van der Waals surface area contributed by atoms with Gasteiger partial charge in [-0.05, 0) is 55.3 Å². The van der Waals surface area contributed by atoms with Crippen LogP contribution in [0.5, 0.6) is 0 Å². The Bertz CT molecular complexity index is 722. The van der Waals surface area contributed by atoms with Crippen molar-refractivity contribution in [1.29, 1.82) is 0 Å². The summed E-state index contributed by atoms with van der Waals surface area (Å²) in [5.74, 6) is -0.472. The number of hydrogen-bond donors (Lipinski definition) is 0. The Morgan fingerprint density at radius 3 is 2.70 bits per heavy atom. The Morgan fingerprint density at radius 2 is 2.00 bits per heavy atom. The fourth-order valence-corrected chi connectivity index (χ4v) is 3.79. The van der Waals surface area contributed by atoms with Crippen LogP contribution in [0.4, 0.5) is 0 Å². The normalized spacial score (nSPS) is 19.9. The Labute approximate surface area is 183 Å². The van der Waals surface area contributed by atoms with Crippen LogP contribution >= 0.6 is 0 Å². The molecule has 3 rings (SSSR count). The number of carbonyl (C=O) groups is 1. The van der Waals surface area contributed by atoms with Crippen molar-refractivity contribution in [3.8, 4) is 0 Å². The summed E-state index contributed by atoms with van der Waals surface area (Å²) in [5, 5.41) is 10.5. The summed E-state index contributed by atoms with van der Waals surface area (Å²) < 4.78 is 0. The number of benzene rings is 1. The fourth-order valence-electron chi connectivity index (χ4n) is 3.79. The summed E-state index contributed by atoms with van der Waals surface area (Å²) in [6.45, 7) is 2.00. The van der Waals surface area contributed by atoms with Crippen molar-refractivity contribution in [2.75, 3.05) is 6.54 Å². The first-order valence-corrected chi connectivity index (χ1v) is 9.27. The fraction of sp³-hybridized carbons (Fsp3) is 0.364. The molecule has 0 spiro atoms. The van der Waals surface area contributed by atoms with Crippen molar-refractivity contribution in [2.45, 2.75) is 38.3 Å². The number of hydrogen-bond acceptors (Lipinski definition) is 4. The van der Waals surface area contributed by atoms with E-state index < -0.39 is 5.97 Å². The van der Waals surface area contributed by atoms with E-state index in [1.165, 1.54) is 11.1 Å². The van der Waals surface area contributed by atoms with Crippen molar-refractivity contribution in [3.63, 3.8) is 0 Å². The average molecular weight is 372 g/mol. The van der Waals surface area contributed by atoms with Crippen LogP contribution in [0, 0.1) is 5.92 Å². The third kappa shape index (κ3) is 6.58. The first-order chi connectivity index (χ1) is 12.7. The summed E-state index contributed by atoms with van der Waals surface area (Å²) in [5.41, 5.74) is 2.58. The van der Waals surface area contributed by atoms with Gasteiger partial charge < -0.3 is 9.90 Å². The van der Waals surface area contributed by atoms with Gasteiger partial charge in [0, 0.05) is 30.9 Å². The largest absolute Gasteiger partial charge is 1.00 e. The van der Waals surface area contributed by atoms with E-state index in [9.17, 15) is 9.90 Å². The summed E-state index contributed by atoms with van der Waals surface area (Å²) in [6.07, 6.45) is 10.6. The van der Waals surface area contributed by atoms with Gasteiger partial charge in [-0.2, -0.15) is 0 Å². The molecule has 0 bridgehead atoms. The molecule has 1 aromatic heterocycles. The van der Waals surface area contributed by atoms with Crippen LogP contribution in [0.3, 0.4) is 0 Å². The summed E-state index contributed by atoms with van der Waals surface area (Å²) >= 11 is 0. The summed E-state index contributed by atoms with van der Waals surface area (Å²) in [4.78, 5) is 17.4. The van der Waals surface area contributed by atoms with Gasteiger partial charge in [-0.3, -0.25) is 9.88 Å². The predicted molar refractivity (Wildman–Crippen MR) is 99.9 cm³/mol. The van der Waals surface area contributed by atoms with Gasteiger partial charge in [0.1, 0.15) is 0 Å². The van der Waals surface area contributed by atoms with Gasteiger partial charge in [-0.1, -0.05) is 48.6 Å². The van der Waals surface area contributed by atoms with E-state index >= 15 is 0 Å². The minimum absolute atomic E-state index is 0. The van der Waals surface area contributed by atoms with Gasteiger partial charge in [-0.25, -0.2) is 0 Å². The van der Waals surface area contributed by atoms with Crippen LogP contribution in [0.15, 0.2) is 67.0 Å². The first kappa shape index (κ1) is 21.8. The zero-order chi connectivity index (χ0) is 18.2. The third-order valence-electron chi connectivity index (χ3n) is 5.00. The number of rotatable bonds is 8. The first-order valence-electron chi connectivity index (χ1n) is 9.27. The molecule has 2 heterocycles. The molecule has 0 radical (unpaired) electrons. The Hall–Kier alpha value is -1.46. The van der Waals surface area contributed by atoms with Gasteiger partial charge in [0.25, 0.3) is 0 Å². The number of likely N-dealkylation sites (tertiary alicyclic amines) is 1. The second-order valence-corrected chi connectivity index (χ2v) is 6.85. The van der Waals surface area contributed by atoms with Crippen LogP contribution in [0.2, 0.25) is 0 Å². The SMILES string of the molecule is O=C([O-])CC/C=C\C[C@H]1CCN(Cc2ccccc2)[C@H]1c1cccnc1.[Na+]. The topological polar surface area (TPSA) is 56.3 Å². The van der Waals surface area contributed by atoms with Gasteiger partial charge in [0.15, 0.2) is 0 Å². The molecule has 1 aromatic carbocycles. The Morgan fingerprint density at radius 1 is 1.19 bits per heavy atom. The van der Waals surface area contributed by atoms with Gasteiger partial charge in [0.2, 0.25) is 0 Å². The van der Waals surface area contributed by atoms with Crippen LogP contribution in [-0.4, -0.2) is 22.4 Å². The van der Waals surface area contributed by atoms with Crippen molar-refractivity contribution in [3.05, 3.63) is 78.1 Å². The van der Waals surface area contributed by atoms with E-state index in [0.717, 1.165) is 25.9 Å². The second-order valence-electron chi connectivity index (χ2n) is 6.85. The van der Waals surface area contributed by atoms with Crippen LogP contribution in [-0.2, 0) is 11.3 Å². The number of carboxylic acids is 1. The molecule has 136 valence electrons. The van der Waals surface area contributed by atoms with Crippen molar-refractivity contribution in [1.82, 2.24) is 9.88 Å². The van der Waals surface area contributed by atoms with Crippen molar-refractivity contribution < 1.29 is 39.5 Å². The smallest absolute Gasteiger partial charge is 0.550 e. The molecule has 0 aliphatic carbocycles. The molecule has 4 nitrogen and oxygen atoms in total. The maximum atomic E-state index is 10.5. The standard InChI is InChI=1S/C22H26N2O2.Na/c25-21(26)12-6-2-5-10-19-13-15-24(17-18-8-3-1-4-9-18)22(19)20-11-7-14-23-16-20;/h1-5,7-9,11,14,16,19,22H,6,10,12-13,15,17H2,(H,25,26);/q;+1/p-1/b5-2-;/t19-,22+;/m0./s1. The van der Waals surface area contributed by atoms with E-state index in [-0.39, 0.29) is 36.0 Å². The quantitative estimate of drug-likeness (QED) is 0.488. The van der Waals surface area contributed by atoms with E-state index in [2.05, 4.69) is 46.3 Å². The zero-order valence-corrected chi connectivity index (χ0v) is 18.0. The maximum Gasteiger partial charge on any atom is 1.00 e. The number of nitrogens with zero attached hydrogens (tertiary/aromatic N) is 2. The molecular formula is C22H25N2NaO2. The molecule has 2 aromatic rings. The molecule has 1 aliphatic rings. The Kier molecular flexibility index (Phi) is 9.22. The second kappa shape index (κ2) is 11.4. The maximum absolute atomic E-state index is 10.5. The predicted octanol–water partition coefficient (Wildman–Crippen LogP) is 0.125. The molecule has 1 saturated heterocycles. The number of carbonyl (C=O) groups excluding carboxylic acids is 1. The molecule has 0 saturated carbocycles. The van der Waals surface area contributed by atoms with E-state index in [1.807, 2.05) is 30.6 Å². The monoisotopic (exact) mass is 372 g/mol. The number of aromatic nitrogens is 1. The van der Waals surface area contributed by atoms with Gasteiger partial charge in [0.05, 0.1) is 0 Å². The number of carboxylic acid groups (broad SMARTS) is 1. The van der Waals surface area contributed by atoms with Crippen molar-refractivity contribution >= 4 is 5.97 Å². The minimum atomic E-state index is -0.988. The molecule has 5 heteroatoms. The molecule has 0 amide bonds. The molecule has 1 fully saturated rings. The molecule has 2 atom stereocenters. The number of pyridine rings is 1. The summed E-state index contributed by atoms with van der Waals surface area (Å²) in [7, 11) is 0.